The van der Waals surface area contributed by atoms with Crippen molar-refractivity contribution in [3.05, 3.63) is 88.5 Å². The van der Waals surface area contributed by atoms with Gasteiger partial charge in [0.05, 0.1) is 0 Å². The number of rotatable bonds is 4. The van der Waals surface area contributed by atoms with Gasteiger partial charge in [0.1, 0.15) is 17.3 Å². The Morgan fingerprint density at radius 3 is 2.78 bits per heavy atom. The van der Waals surface area contributed by atoms with Crippen LogP contribution in [-0.2, 0) is 17.6 Å². The van der Waals surface area contributed by atoms with Gasteiger partial charge in [-0.2, -0.15) is 0 Å². The van der Waals surface area contributed by atoms with Gasteiger partial charge in [0, 0.05) is 42.3 Å². The summed E-state index contributed by atoms with van der Waals surface area (Å²) in [6.07, 6.45) is 3.29. The van der Waals surface area contributed by atoms with Gasteiger partial charge < -0.3 is 15.3 Å². The summed E-state index contributed by atoms with van der Waals surface area (Å²) in [5.41, 5.74) is 4.40. The van der Waals surface area contributed by atoms with Gasteiger partial charge in [-0.25, -0.2) is 0 Å². The molecule has 1 aliphatic heterocycles. The van der Waals surface area contributed by atoms with Crippen molar-refractivity contribution in [1.29, 1.82) is 0 Å². The summed E-state index contributed by atoms with van der Waals surface area (Å²) >= 11 is 0. The monoisotopic (exact) mass is 482 g/mol. The summed E-state index contributed by atoms with van der Waals surface area (Å²) in [6, 6.07) is 14.5. The summed E-state index contributed by atoms with van der Waals surface area (Å²) in [5.74, 6) is 5.17. The molecule has 7 heteroatoms. The first-order valence-corrected chi connectivity index (χ1v) is 11.9. The molecule has 1 aliphatic rings. The quantitative estimate of drug-likeness (QED) is 0.557. The van der Waals surface area contributed by atoms with Gasteiger partial charge in [0.25, 0.3) is 5.91 Å². The maximum Gasteiger partial charge on any atom is 0.270 e. The predicted octanol–water partition coefficient (Wildman–Crippen LogP) is 3.21. The molecule has 3 heterocycles. The minimum absolute atomic E-state index is 0.199. The van der Waals surface area contributed by atoms with Crippen LogP contribution < -0.4 is 10.2 Å². The second kappa shape index (κ2) is 10.3. The number of fused-ring (bicyclic) bond motifs is 1. The van der Waals surface area contributed by atoms with Gasteiger partial charge in [0.2, 0.25) is 5.91 Å². The Kier molecular flexibility index (Phi) is 7.18. The Bertz CT molecular complexity index is 1360. The number of aliphatic hydroxyl groups is 1. The lowest BCUT2D eigenvalue weighted by Gasteiger charge is -2.22. The van der Waals surface area contributed by atoms with Crippen molar-refractivity contribution in [2.75, 3.05) is 11.9 Å². The van der Waals surface area contributed by atoms with Gasteiger partial charge in [-0.1, -0.05) is 24.0 Å². The largest absolute Gasteiger partial charge is 0.378 e. The molecular formula is C29H30N4O3. The Morgan fingerprint density at radius 1 is 1.22 bits per heavy atom. The summed E-state index contributed by atoms with van der Waals surface area (Å²) in [4.78, 5) is 36.6. The van der Waals surface area contributed by atoms with E-state index in [2.05, 4.69) is 27.1 Å². The molecule has 0 radical (unpaired) electrons. The number of hydrogen-bond acceptors (Lipinski definition) is 5. The third kappa shape index (κ3) is 6.15. The summed E-state index contributed by atoms with van der Waals surface area (Å²) < 4.78 is 0. The van der Waals surface area contributed by atoms with Crippen LogP contribution in [0, 0.1) is 18.8 Å². The first kappa shape index (κ1) is 25.1. The third-order valence-electron chi connectivity index (χ3n) is 5.98. The Morgan fingerprint density at radius 2 is 2.03 bits per heavy atom. The predicted molar refractivity (Wildman–Crippen MR) is 139 cm³/mol. The van der Waals surface area contributed by atoms with E-state index in [1.54, 1.807) is 38.1 Å². The van der Waals surface area contributed by atoms with E-state index in [1.165, 1.54) is 0 Å². The molecule has 0 unspecified atom stereocenters. The van der Waals surface area contributed by atoms with Crippen LogP contribution in [0.2, 0.25) is 0 Å². The zero-order chi connectivity index (χ0) is 25.9. The molecular weight excluding hydrogens is 452 g/mol. The molecule has 0 fully saturated rings. The van der Waals surface area contributed by atoms with E-state index in [4.69, 9.17) is 0 Å². The van der Waals surface area contributed by atoms with Gasteiger partial charge in [-0.05, 0) is 81.1 Å². The van der Waals surface area contributed by atoms with E-state index in [-0.39, 0.29) is 17.5 Å². The molecule has 0 saturated heterocycles. The van der Waals surface area contributed by atoms with Crippen LogP contribution in [-0.4, -0.2) is 45.6 Å². The molecule has 3 aromatic rings. The van der Waals surface area contributed by atoms with Gasteiger partial charge >= 0.3 is 0 Å². The molecule has 0 saturated carbocycles. The second-order valence-electron chi connectivity index (χ2n) is 9.61. The SMILES string of the molecule is Cc1cccc(Cc2ccnc(C(=O)N[C@H]3CCc4ccc(C#CC(C)(C)O)cc4N(C)C3=O)c2)n1. The first-order chi connectivity index (χ1) is 17.1. The average molecular weight is 483 g/mol. The Hall–Kier alpha value is -4.02. The molecule has 184 valence electrons. The van der Waals surface area contributed by atoms with Gasteiger partial charge in [-0.3, -0.25) is 19.6 Å². The summed E-state index contributed by atoms with van der Waals surface area (Å²) in [5, 5.41) is 12.8. The molecule has 2 aromatic heterocycles. The van der Waals surface area contributed by atoms with Crippen molar-refractivity contribution in [1.82, 2.24) is 15.3 Å². The molecule has 1 aromatic carbocycles. The summed E-state index contributed by atoms with van der Waals surface area (Å²) in [6.45, 7) is 5.19. The Labute approximate surface area is 211 Å². The fourth-order valence-corrected chi connectivity index (χ4v) is 4.15. The van der Waals surface area contributed by atoms with Crippen molar-refractivity contribution in [3.63, 3.8) is 0 Å². The minimum atomic E-state index is -1.11. The Balaban J connectivity index is 1.48. The highest BCUT2D eigenvalue weighted by atomic mass is 16.3. The molecule has 4 rings (SSSR count). The fraction of sp³-hybridized carbons (Fsp3) is 0.310. The van der Waals surface area contributed by atoms with Crippen LogP contribution >= 0.6 is 0 Å². The number of nitrogens with zero attached hydrogens (tertiary/aromatic N) is 3. The van der Waals surface area contributed by atoms with Crippen molar-refractivity contribution in [2.24, 2.45) is 0 Å². The lowest BCUT2D eigenvalue weighted by molar-refractivity contribution is -0.120. The molecule has 36 heavy (non-hydrogen) atoms. The van der Waals surface area contributed by atoms with E-state index in [9.17, 15) is 14.7 Å². The number of carbonyl (C=O) groups is 2. The fourth-order valence-electron chi connectivity index (χ4n) is 4.15. The minimum Gasteiger partial charge on any atom is -0.378 e. The number of aromatic nitrogens is 2. The number of pyridine rings is 2. The molecule has 0 bridgehead atoms. The molecule has 1 atom stereocenters. The van der Waals surface area contributed by atoms with Crippen molar-refractivity contribution in [2.45, 2.75) is 51.7 Å². The van der Waals surface area contributed by atoms with Crippen LogP contribution in [0.1, 0.15) is 58.8 Å². The maximum absolute atomic E-state index is 13.2. The number of hydrogen-bond donors (Lipinski definition) is 2. The molecule has 2 amide bonds. The zero-order valence-electron chi connectivity index (χ0n) is 21.0. The number of likely N-dealkylation sites (N-methyl/N-ethyl adjacent to an activating group) is 1. The van der Waals surface area contributed by atoms with Gasteiger partial charge in [-0.15, -0.1) is 0 Å². The third-order valence-corrected chi connectivity index (χ3v) is 5.98. The van der Waals surface area contributed by atoms with Crippen molar-refractivity contribution >= 4 is 17.5 Å². The molecule has 2 N–H and O–H groups in total. The highest BCUT2D eigenvalue weighted by Gasteiger charge is 2.30. The van der Waals surface area contributed by atoms with E-state index in [0.29, 0.717) is 24.8 Å². The second-order valence-corrected chi connectivity index (χ2v) is 9.61. The number of aryl methyl sites for hydroxylation is 2. The smallest absolute Gasteiger partial charge is 0.270 e. The van der Waals surface area contributed by atoms with E-state index >= 15 is 0 Å². The standard InChI is InChI=1S/C29H30N4O3/c1-19-6-5-7-23(31-19)16-21-13-15-30-25(17-21)27(34)32-24-11-10-22-9-8-20(12-14-29(2,3)36)18-26(22)33(4)28(24)35/h5-9,13,15,17-18,24,36H,10-11,16H2,1-4H3,(H,32,34)/t24-/m0/s1. The van der Waals surface area contributed by atoms with Crippen LogP contribution in [0.4, 0.5) is 5.69 Å². The number of carbonyl (C=O) groups excluding carboxylic acids is 2. The van der Waals surface area contributed by atoms with Crippen LogP contribution in [0.3, 0.4) is 0 Å². The van der Waals surface area contributed by atoms with Gasteiger partial charge in [0.15, 0.2) is 0 Å². The maximum atomic E-state index is 13.2. The highest BCUT2D eigenvalue weighted by Crippen LogP contribution is 2.27. The van der Waals surface area contributed by atoms with E-state index < -0.39 is 11.6 Å². The number of nitrogens with one attached hydrogen (secondary N) is 1. The van der Waals surface area contributed by atoms with Crippen LogP contribution in [0.5, 0.6) is 0 Å². The summed E-state index contributed by atoms with van der Waals surface area (Å²) in [7, 11) is 1.70. The van der Waals surface area contributed by atoms with E-state index in [1.807, 2.05) is 49.4 Å². The molecule has 0 spiro atoms. The topological polar surface area (TPSA) is 95.4 Å². The number of benzene rings is 1. The lowest BCUT2D eigenvalue weighted by Crippen LogP contribution is -2.47. The van der Waals surface area contributed by atoms with Crippen molar-refractivity contribution in [3.8, 4) is 11.8 Å². The normalized spacial score (nSPS) is 15.4. The number of anilines is 1. The number of amides is 2. The van der Waals surface area contributed by atoms with E-state index in [0.717, 1.165) is 28.2 Å². The first-order valence-electron chi connectivity index (χ1n) is 11.9. The highest BCUT2D eigenvalue weighted by molar-refractivity contribution is 6.02. The van der Waals surface area contributed by atoms with Crippen LogP contribution in [0.15, 0.2) is 54.7 Å². The zero-order valence-corrected chi connectivity index (χ0v) is 21.0. The molecule has 7 nitrogen and oxygen atoms in total. The lowest BCUT2D eigenvalue weighted by atomic mass is 10.0. The average Bonchev–Trinajstić information content (AvgIpc) is 2.94. The van der Waals surface area contributed by atoms with Crippen LogP contribution in [0.25, 0.3) is 0 Å². The van der Waals surface area contributed by atoms with Crippen molar-refractivity contribution < 1.29 is 14.7 Å². The molecule has 0 aliphatic carbocycles.